The van der Waals surface area contributed by atoms with E-state index < -0.39 is 0 Å². The fourth-order valence-electron chi connectivity index (χ4n) is 1.75. The van der Waals surface area contributed by atoms with Crippen LogP contribution in [0.5, 0.6) is 0 Å². The number of likely N-dealkylation sites (N-methyl/N-ethyl adjacent to an activating group) is 1. The van der Waals surface area contributed by atoms with Crippen LogP contribution in [0.1, 0.15) is 11.6 Å². The highest BCUT2D eigenvalue weighted by atomic mass is 35.5. The van der Waals surface area contributed by atoms with Gasteiger partial charge in [-0.1, -0.05) is 29.8 Å². The molecule has 2 rings (SSSR count). The van der Waals surface area contributed by atoms with Crippen molar-refractivity contribution in [3.63, 3.8) is 0 Å². The zero-order valence-electron chi connectivity index (χ0n) is 8.53. The van der Waals surface area contributed by atoms with Crippen LogP contribution >= 0.6 is 11.6 Å². The van der Waals surface area contributed by atoms with E-state index in [4.69, 9.17) is 11.6 Å². The van der Waals surface area contributed by atoms with Crippen molar-refractivity contribution < 1.29 is 4.79 Å². The topological polar surface area (TPSA) is 32.3 Å². The smallest absolute Gasteiger partial charge is 0.244 e. The standard InChI is InChI=1S/C11H13ClN2O/c1-14-7-6-13-10(11(14)15)8-4-2-3-5-9(8)12/h2-5,10,13H,6-7H2,1H3. The molecule has 1 aliphatic heterocycles. The van der Waals surface area contributed by atoms with E-state index in [9.17, 15) is 4.79 Å². The van der Waals surface area contributed by atoms with E-state index in [0.717, 1.165) is 18.7 Å². The lowest BCUT2D eigenvalue weighted by atomic mass is 10.0. The number of carbonyl (C=O) groups is 1. The Hall–Kier alpha value is -1.06. The molecule has 1 aromatic rings. The van der Waals surface area contributed by atoms with Gasteiger partial charge in [0, 0.05) is 25.2 Å². The molecule has 3 nitrogen and oxygen atoms in total. The summed E-state index contributed by atoms with van der Waals surface area (Å²) in [6, 6.07) is 7.16. The summed E-state index contributed by atoms with van der Waals surface area (Å²) in [7, 11) is 1.81. The lowest BCUT2D eigenvalue weighted by molar-refractivity contribution is -0.134. The largest absolute Gasteiger partial charge is 0.343 e. The second-order valence-corrected chi connectivity index (χ2v) is 4.08. The molecule has 0 saturated carbocycles. The highest BCUT2D eigenvalue weighted by Gasteiger charge is 2.28. The van der Waals surface area contributed by atoms with Gasteiger partial charge in [-0.3, -0.25) is 4.79 Å². The molecule has 80 valence electrons. The number of nitrogens with zero attached hydrogens (tertiary/aromatic N) is 1. The van der Waals surface area contributed by atoms with Crippen LogP contribution < -0.4 is 5.32 Å². The van der Waals surface area contributed by atoms with Crippen molar-refractivity contribution in [1.82, 2.24) is 10.2 Å². The van der Waals surface area contributed by atoms with E-state index in [1.54, 1.807) is 11.0 Å². The first-order valence-electron chi connectivity index (χ1n) is 4.93. The van der Waals surface area contributed by atoms with Crippen LogP contribution in [-0.2, 0) is 4.79 Å². The van der Waals surface area contributed by atoms with Crippen molar-refractivity contribution in [3.05, 3.63) is 34.9 Å². The Morgan fingerprint density at radius 2 is 2.20 bits per heavy atom. The van der Waals surface area contributed by atoms with E-state index in [1.807, 2.05) is 25.2 Å². The van der Waals surface area contributed by atoms with Crippen LogP contribution in [0.15, 0.2) is 24.3 Å². The summed E-state index contributed by atoms with van der Waals surface area (Å²) in [5, 5.41) is 3.82. The maximum absolute atomic E-state index is 11.9. The Kier molecular flexibility index (Phi) is 2.93. The molecule has 1 unspecified atom stereocenters. The van der Waals surface area contributed by atoms with Crippen LogP contribution in [0.2, 0.25) is 5.02 Å². The van der Waals surface area contributed by atoms with Gasteiger partial charge in [0.1, 0.15) is 6.04 Å². The van der Waals surface area contributed by atoms with Crippen LogP contribution in [0, 0.1) is 0 Å². The summed E-state index contributed by atoms with van der Waals surface area (Å²) in [6.45, 7) is 1.55. The zero-order valence-corrected chi connectivity index (χ0v) is 9.29. The van der Waals surface area contributed by atoms with Crippen LogP contribution in [0.4, 0.5) is 0 Å². The molecule has 1 saturated heterocycles. The molecule has 0 bridgehead atoms. The summed E-state index contributed by atoms with van der Waals surface area (Å²) in [4.78, 5) is 13.6. The number of carbonyl (C=O) groups excluding carboxylic acids is 1. The van der Waals surface area contributed by atoms with Gasteiger partial charge in [0.15, 0.2) is 0 Å². The van der Waals surface area contributed by atoms with E-state index in [2.05, 4.69) is 5.32 Å². The summed E-state index contributed by atoms with van der Waals surface area (Å²) in [6.07, 6.45) is 0. The van der Waals surface area contributed by atoms with Crippen LogP contribution in [0.25, 0.3) is 0 Å². The Labute approximate surface area is 94.0 Å². The molecule has 0 aromatic heterocycles. The summed E-state index contributed by atoms with van der Waals surface area (Å²) >= 11 is 6.06. The molecule has 0 spiro atoms. The normalized spacial score (nSPS) is 21.9. The quantitative estimate of drug-likeness (QED) is 0.783. The molecule has 4 heteroatoms. The predicted octanol–water partition coefficient (Wildman–Crippen LogP) is 1.44. The van der Waals surface area contributed by atoms with E-state index >= 15 is 0 Å². The fourth-order valence-corrected chi connectivity index (χ4v) is 1.99. The molecule has 1 N–H and O–H groups in total. The van der Waals surface area contributed by atoms with Crippen molar-refractivity contribution in [2.75, 3.05) is 20.1 Å². The second-order valence-electron chi connectivity index (χ2n) is 3.67. The number of halogens is 1. The van der Waals surface area contributed by atoms with Gasteiger partial charge in [-0.25, -0.2) is 0 Å². The van der Waals surface area contributed by atoms with Crippen LogP contribution in [-0.4, -0.2) is 30.9 Å². The Balaban J connectivity index is 2.30. The van der Waals surface area contributed by atoms with Crippen molar-refractivity contribution >= 4 is 17.5 Å². The number of hydrogen-bond donors (Lipinski definition) is 1. The maximum Gasteiger partial charge on any atom is 0.244 e. The number of hydrogen-bond acceptors (Lipinski definition) is 2. The molecular formula is C11H13ClN2O. The molecule has 1 fully saturated rings. The molecular weight excluding hydrogens is 212 g/mol. The number of rotatable bonds is 1. The van der Waals surface area contributed by atoms with Crippen molar-refractivity contribution in [3.8, 4) is 0 Å². The van der Waals surface area contributed by atoms with Gasteiger partial charge < -0.3 is 10.2 Å². The lowest BCUT2D eigenvalue weighted by Crippen LogP contribution is -2.48. The van der Waals surface area contributed by atoms with Crippen molar-refractivity contribution in [2.45, 2.75) is 6.04 Å². The third kappa shape index (κ3) is 1.98. The van der Waals surface area contributed by atoms with Gasteiger partial charge in [0.2, 0.25) is 5.91 Å². The van der Waals surface area contributed by atoms with Gasteiger partial charge in [-0.05, 0) is 11.6 Å². The molecule has 1 atom stereocenters. The molecule has 1 amide bonds. The SMILES string of the molecule is CN1CCNC(c2ccccc2Cl)C1=O. The van der Waals surface area contributed by atoms with Crippen LogP contribution in [0.3, 0.4) is 0 Å². The summed E-state index contributed by atoms with van der Waals surface area (Å²) < 4.78 is 0. The third-order valence-corrected chi connectivity index (χ3v) is 2.98. The van der Waals surface area contributed by atoms with Gasteiger partial charge >= 0.3 is 0 Å². The van der Waals surface area contributed by atoms with Gasteiger partial charge in [0.25, 0.3) is 0 Å². The summed E-state index contributed by atoms with van der Waals surface area (Å²) in [5.74, 6) is 0.0781. The Morgan fingerprint density at radius 3 is 2.93 bits per heavy atom. The maximum atomic E-state index is 11.9. The third-order valence-electron chi connectivity index (χ3n) is 2.64. The van der Waals surface area contributed by atoms with Gasteiger partial charge in [-0.15, -0.1) is 0 Å². The second kappa shape index (κ2) is 4.21. The minimum absolute atomic E-state index is 0.0781. The minimum Gasteiger partial charge on any atom is -0.343 e. The molecule has 1 aromatic carbocycles. The molecule has 1 heterocycles. The Bertz CT molecular complexity index is 381. The molecule has 1 aliphatic rings. The van der Waals surface area contributed by atoms with Gasteiger partial charge in [-0.2, -0.15) is 0 Å². The van der Waals surface area contributed by atoms with E-state index in [0.29, 0.717) is 5.02 Å². The number of piperazine rings is 1. The molecule has 0 aliphatic carbocycles. The first-order chi connectivity index (χ1) is 7.20. The van der Waals surface area contributed by atoms with E-state index in [1.165, 1.54) is 0 Å². The summed E-state index contributed by atoms with van der Waals surface area (Å²) in [5.41, 5.74) is 0.857. The Morgan fingerprint density at radius 1 is 1.47 bits per heavy atom. The minimum atomic E-state index is -0.294. The highest BCUT2D eigenvalue weighted by Crippen LogP contribution is 2.25. The van der Waals surface area contributed by atoms with Crippen molar-refractivity contribution in [2.24, 2.45) is 0 Å². The average Bonchev–Trinajstić information content (AvgIpc) is 2.23. The number of nitrogens with one attached hydrogen (secondary N) is 1. The molecule has 0 radical (unpaired) electrons. The molecule has 15 heavy (non-hydrogen) atoms. The van der Waals surface area contributed by atoms with Crippen molar-refractivity contribution in [1.29, 1.82) is 0 Å². The van der Waals surface area contributed by atoms with Gasteiger partial charge in [0.05, 0.1) is 0 Å². The monoisotopic (exact) mass is 224 g/mol. The number of amides is 1. The lowest BCUT2D eigenvalue weighted by Gasteiger charge is -2.30. The zero-order chi connectivity index (χ0) is 10.8. The fraction of sp³-hybridized carbons (Fsp3) is 0.364. The highest BCUT2D eigenvalue weighted by molar-refractivity contribution is 6.31. The first-order valence-corrected chi connectivity index (χ1v) is 5.31. The first kappa shape index (κ1) is 10.5. The number of benzene rings is 1. The predicted molar refractivity (Wildman–Crippen MR) is 59.8 cm³/mol. The van der Waals surface area contributed by atoms with E-state index in [-0.39, 0.29) is 11.9 Å². The average molecular weight is 225 g/mol.